The van der Waals surface area contributed by atoms with Crippen LogP contribution in [0.5, 0.6) is 11.5 Å². The molecule has 27 heavy (non-hydrogen) atoms. The number of nitrogens with zero attached hydrogens (tertiary/aromatic N) is 1. The van der Waals surface area contributed by atoms with Gasteiger partial charge in [-0.3, -0.25) is 0 Å². The molecule has 0 unspecified atom stereocenters. The molecule has 0 fully saturated rings. The molecule has 2 aromatic rings. The van der Waals surface area contributed by atoms with Crippen molar-refractivity contribution in [3.63, 3.8) is 0 Å². The predicted octanol–water partition coefficient (Wildman–Crippen LogP) is 1.35. The summed E-state index contributed by atoms with van der Waals surface area (Å²) in [5.74, 6) is 2.54. The summed E-state index contributed by atoms with van der Waals surface area (Å²) in [6.07, 6.45) is 0.106. The topological polar surface area (TPSA) is 30.7 Å². The zero-order chi connectivity index (χ0) is 18.9. The Balaban J connectivity index is 0.00000261. The lowest BCUT2D eigenvalue weighted by atomic mass is 9.98. The summed E-state index contributed by atoms with van der Waals surface area (Å²) in [4.78, 5) is 0. The second-order valence-corrected chi connectivity index (χ2v) is 7.54. The van der Waals surface area contributed by atoms with Crippen molar-refractivity contribution in [3.05, 3.63) is 48.0 Å². The third-order valence-corrected chi connectivity index (χ3v) is 4.77. The summed E-state index contributed by atoms with van der Waals surface area (Å²) >= 11 is 0. The van der Waals surface area contributed by atoms with Crippen LogP contribution in [-0.2, 0) is 4.74 Å². The van der Waals surface area contributed by atoms with Crippen molar-refractivity contribution in [2.45, 2.75) is 39.3 Å². The lowest BCUT2D eigenvalue weighted by Gasteiger charge is -2.16. The van der Waals surface area contributed by atoms with Crippen LogP contribution in [0, 0.1) is 0 Å². The zero-order valence-corrected chi connectivity index (χ0v) is 19.0. The molecule has 3 rings (SSSR count). The first-order chi connectivity index (χ1) is 12.3. The van der Waals surface area contributed by atoms with Crippen LogP contribution >= 0.6 is 0 Å². The van der Waals surface area contributed by atoms with Crippen LogP contribution in [0.3, 0.4) is 0 Å². The Kier molecular flexibility index (Phi) is 6.78. The molecule has 0 amide bonds. The van der Waals surface area contributed by atoms with E-state index in [0.29, 0.717) is 6.61 Å². The number of hydrogen-bond acceptors (Lipinski definition) is 3. The Hall–Kier alpha value is -1.76. The minimum atomic E-state index is -0.0520. The molecule has 0 saturated heterocycles. The highest BCUT2D eigenvalue weighted by molar-refractivity contribution is 5.99. The van der Waals surface area contributed by atoms with Gasteiger partial charge in [0, 0.05) is 25.0 Å². The maximum Gasteiger partial charge on any atom is 0.371 e. The first-order valence-corrected chi connectivity index (χ1v) is 9.01. The van der Waals surface area contributed by atoms with Gasteiger partial charge in [-0.25, -0.2) is 0 Å². The first-order valence-electron chi connectivity index (χ1n) is 9.01. The summed E-state index contributed by atoms with van der Waals surface area (Å²) in [6, 6.07) is 14.2. The van der Waals surface area contributed by atoms with Gasteiger partial charge in [0.15, 0.2) is 12.1 Å². The van der Waals surface area contributed by atoms with E-state index in [4.69, 9.17) is 14.2 Å². The Morgan fingerprint density at radius 3 is 2.33 bits per heavy atom. The molecule has 0 aromatic heterocycles. The SMILES string of the molecule is COc1ccc(-c2ccccc2OC(C)C)c(C2=[N+](C)C(C)(C)CO2)c1.[I-]. The lowest BCUT2D eigenvalue weighted by Crippen LogP contribution is -3.00. The fraction of sp³-hybridized carbons (Fsp3) is 0.409. The monoisotopic (exact) mass is 481 g/mol. The van der Waals surface area contributed by atoms with Crippen LogP contribution in [0.2, 0.25) is 0 Å². The maximum absolute atomic E-state index is 6.10. The molecule has 146 valence electrons. The number of ether oxygens (including phenoxy) is 3. The molecule has 1 heterocycles. The number of benzene rings is 2. The van der Waals surface area contributed by atoms with Gasteiger partial charge in [-0.2, -0.15) is 4.58 Å². The van der Waals surface area contributed by atoms with E-state index >= 15 is 0 Å². The number of rotatable bonds is 5. The van der Waals surface area contributed by atoms with E-state index in [2.05, 4.69) is 37.6 Å². The standard InChI is InChI=1S/C22H28NO3.HI/c1-15(2)26-20-10-8-7-9-18(20)17-12-11-16(24-6)13-19(17)21-23(5)22(3,4)14-25-21;/h7-13,15H,14H2,1-6H3;1H/q+1;/p-1. The number of likely N-dealkylation sites (N-methyl/N-ethyl adjacent to an activating group) is 1. The second kappa shape index (κ2) is 8.50. The highest BCUT2D eigenvalue weighted by Crippen LogP contribution is 2.36. The second-order valence-electron chi connectivity index (χ2n) is 7.54. The van der Waals surface area contributed by atoms with Gasteiger partial charge in [0.2, 0.25) is 0 Å². The van der Waals surface area contributed by atoms with Crippen molar-refractivity contribution in [3.8, 4) is 22.6 Å². The Morgan fingerprint density at radius 1 is 1.04 bits per heavy atom. The summed E-state index contributed by atoms with van der Waals surface area (Å²) < 4.78 is 19.8. The van der Waals surface area contributed by atoms with Crippen molar-refractivity contribution in [2.24, 2.45) is 0 Å². The number of hydrogen-bond donors (Lipinski definition) is 0. The third kappa shape index (κ3) is 4.39. The van der Waals surface area contributed by atoms with E-state index in [0.717, 1.165) is 34.1 Å². The number of para-hydroxylation sites is 1. The molecule has 1 aliphatic heterocycles. The van der Waals surface area contributed by atoms with E-state index < -0.39 is 0 Å². The van der Waals surface area contributed by atoms with Gasteiger partial charge < -0.3 is 38.2 Å². The van der Waals surface area contributed by atoms with Crippen molar-refractivity contribution < 1.29 is 42.8 Å². The molecule has 0 N–H and O–H groups in total. The molecule has 0 bridgehead atoms. The van der Waals surface area contributed by atoms with Crippen LogP contribution in [-0.4, -0.2) is 42.9 Å². The van der Waals surface area contributed by atoms with E-state index in [-0.39, 0.29) is 35.6 Å². The summed E-state index contributed by atoms with van der Waals surface area (Å²) in [5.41, 5.74) is 3.08. The van der Waals surface area contributed by atoms with E-state index in [1.54, 1.807) is 7.11 Å². The molecule has 5 heteroatoms. The highest BCUT2D eigenvalue weighted by atomic mass is 127. The molecule has 0 atom stereocenters. The minimum absolute atomic E-state index is 0. The maximum atomic E-state index is 6.10. The van der Waals surface area contributed by atoms with Gasteiger partial charge in [-0.15, -0.1) is 0 Å². The predicted molar refractivity (Wildman–Crippen MR) is 105 cm³/mol. The largest absolute Gasteiger partial charge is 1.00 e. The van der Waals surface area contributed by atoms with E-state index in [1.165, 1.54) is 0 Å². The molecule has 0 spiro atoms. The van der Waals surface area contributed by atoms with Crippen LogP contribution in [0.4, 0.5) is 0 Å². The molecule has 1 aliphatic rings. The Labute approximate surface area is 179 Å². The van der Waals surface area contributed by atoms with Crippen molar-refractivity contribution in [1.29, 1.82) is 0 Å². The highest BCUT2D eigenvalue weighted by Gasteiger charge is 2.41. The van der Waals surface area contributed by atoms with E-state index in [9.17, 15) is 0 Å². The van der Waals surface area contributed by atoms with Gasteiger partial charge >= 0.3 is 5.90 Å². The van der Waals surface area contributed by atoms with Gasteiger partial charge in [0.25, 0.3) is 0 Å². The van der Waals surface area contributed by atoms with Crippen molar-refractivity contribution in [2.75, 3.05) is 20.8 Å². The quantitative estimate of drug-likeness (QED) is 0.478. The molecule has 0 aliphatic carbocycles. The molecule has 2 aromatic carbocycles. The van der Waals surface area contributed by atoms with Crippen LogP contribution in [0.1, 0.15) is 33.3 Å². The van der Waals surface area contributed by atoms with Crippen LogP contribution in [0.25, 0.3) is 11.1 Å². The number of methoxy groups -OCH3 is 1. The van der Waals surface area contributed by atoms with Crippen molar-refractivity contribution in [1.82, 2.24) is 0 Å². The summed E-state index contributed by atoms with van der Waals surface area (Å²) in [6.45, 7) is 9.08. The molecular weight excluding hydrogens is 453 g/mol. The van der Waals surface area contributed by atoms with Gasteiger partial charge in [0.1, 0.15) is 18.5 Å². The smallest absolute Gasteiger partial charge is 0.371 e. The third-order valence-electron chi connectivity index (χ3n) is 4.77. The van der Waals surface area contributed by atoms with Crippen molar-refractivity contribution >= 4 is 5.90 Å². The fourth-order valence-corrected chi connectivity index (χ4v) is 3.08. The zero-order valence-electron chi connectivity index (χ0n) is 16.9. The molecule has 0 radical (unpaired) electrons. The average Bonchev–Trinajstić information content (AvgIpc) is 2.88. The molecular formula is C22H28INO3. The van der Waals surface area contributed by atoms with Gasteiger partial charge in [0.05, 0.1) is 18.8 Å². The average molecular weight is 481 g/mol. The lowest BCUT2D eigenvalue weighted by molar-refractivity contribution is -0.562. The van der Waals surface area contributed by atoms with Gasteiger partial charge in [-0.1, -0.05) is 18.2 Å². The normalized spacial score (nSPS) is 15.4. The first kappa shape index (κ1) is 21.5. The number of halogens is 1. The molecule has 0 saturated carbocycles. The summed E-state index contributed by atoms with van der Waals surface area (Å²) in [7, 11) is 3.75. The van der Waals surface area contributed by atoms with Crippen LogP contribution < -0.4 is 33.5 Å². The summed E-state index contributed by atoms with van der Waals surface area (Å²) in [5, 5.41) is 0. The Morgan fingerprint density at radius 2 is 1.74 bits per heavy atom. The fourth-order valence-electron chi connectivity index (χ4n) is 3.08. The molecule has 4 nitrogen and oxygen atoms in total. The minimum Gasteiger partial charge on any atom is -1.00 e. The van der Waals surface area contributed by atoms with E-state index in [1.807, 2.05) is 44.2 Å². The van der Waals surface area contributed by atoms with Gasteiger partial charge in [-0.05, 0) is 38.1 Å². The van der Waals surface area contributed by atoms with Crippen LogP contribution in [0.15, 0.2) is 42.5 Å². The Bertz CT molecular complexity index is 843.